The molecule has 0 saturated heterocycles. The monoisotopic (exact) mass is 681 g/mol. The van der Waals surface area contributed by atoms with Crippen LogP contribution in [0.25, 0.3) is 44.4 Å². The first kappa shape index (κ1) is 32.4. The Labute approximate surface area is 283 Å². The fourth-order valence-corrected chi connectivity index (χ4v) is 8.09. The van der Waals surface area contributed by atoms with Gasteiger partial charge in [-0.05, 0) is 86.1 Å². The van der Waals surface area contributed by atoms with Gasteiger partial charge in [-0.1, -0.05) is 59.6 Å². The Bertz CT molecular complexity index is 2220. The molecule has 6 rings (SSSR count). The first-order valence-electron chi connectivity index (χ1n) is 14.6. The van der Waals surface area contributed by atoms with Gasteiger partial charge in [0.05, 0.1) is 23.2 Å². The number of carbonyl (C=O) groups is 1. The predicted octanol–water partition coefficient (Wildman–Crippen LogP) is 9.02. The number of halogens is 2. The number of fused-ring (bicyclic) bond motifs is 1. The average molecular weight is 682 g/mol. The number of aromatic nitrogens is 1. The quantitative estimate of drug-likeness (QED) is 0.150. The molecule has 2 atom stereocenters. The number of rotatable bonds is 8. The van der Waals surface area contributed by atoms with E-state index in [-0.39, 0.29) is 0 Å². The number of nitrogens with zero attached hydrogens (tertiary/aromatic N) is 3. The summed E-state index contributed by atoms with van der Waals surface area (Å²) in [4.78, 5) is 15.3. The van der Waals surface area contributed by atoms with Crippen molar-refractivity contribution in [3.63, 3.8) is 0 Å². The van der Waals surface area contributed by atoms with Crippen LogP contribution in [-0.4, -0.2) is 40.3 Å². The highest BCUT2D eigenvalue weighted by Crippen LogP contribution is 2.45. The van der Waals surface area contributed by atoms with Crippen LogP contribution in [0.2, 0.25) is 5.02 Å². The molecule has 47 heavy (non-hydrogen) atoms. The fraction of sp³-hybridized carbons (Fsp3) is 0.135. The second kappa shape index (κ2) is 13.3. The van der Waals surface area contributed by atoms with Crippen molar-refractivity contribution in [1.82, 2.24) is 8.87 Å². The Morgan fingerprint density at radius 2 is 1.74 bits per heavy atom. The van der Waals surface area contributed by atoms with E-state index in [1.54, 1.807) is 35.1 Å². The Balaban J connectivity index is 1.60. The predicted molar refractivity (Wildman–Crippen MR) is 187 cm³/mol. The molecule has 6 aromatic rings. The number of ether oxygens (including phenoxy) is 1. The van der Waals surface area contributed by atoms with Crippen molar-refractivity contribution >= 4 is 50.8 Å². The minimum absolute atomic E-state index is 0.399. The molecule has 0 aliphatic carbocycles. The number of thiophene rings is 1. The maximum Gasteiger partial charge on any atom is 0.327 e. The van der Waals surface area contributed by atoms with Crippen molar-refractivity contribution in [2.75, 3.05) is 21.2 Å². The van der Waals surface area contributed by atoms with Gasteiger partial charge in [0, 0.05) is 32.7 Å². The number of esters is 1. The third kappa shape index (κ3) is 6.01. The molecule has 0 radical (unpaired) electrons. The summed E-state index contributed by atoms with van der Waals surface area (Å²) in [7, 11) is 3.21. The van der Waals surface area contributed by atoms with Gasteiger partial charge in [0.15, 0.2) is 11.0 Å². The van der Waals surface area contributed by atoms with Crippen LogP contribution in [0.1, 0.15) is 22.0 Å². The summed E-state index contributed by atoms with van der Waals surface area (Å²) in [5.74, 6) is -0.842. The standard InChI is InChI=1S/C37H29ClFN3O3S2/c1-22-8-12-27(13-9-22)47(44)42-32-15-11-26(39)20-30(32)34(29-16-17-46-33(29)21-40)35(42)24-7-5-6-23(18-24)28-14-10-25(19-31(28)38)36(41(2)3)37(43)45-4/h5-20,36H,1-4H3. The van der Waals surface area contributed by atoms with Crippen LogP contribution in [0.15, 0.2) is 101 Å². The number of carbonyl (C=O) groups excluding carboxylic acids is 1. The highest BCUT2D eigenvalue weighted by atomic mass is 35.5. The summed E-state index contributed by atoms with van der Waals surface area (Å²) in [6.07, 6.45) is 0. The molecular weight excluding hydrogens is 653 g/mol. The van der Waals surface area contributed by atoms with Crippen LogP contribution in [0.5, 0.6) is 0 Å². The summed E-state index contributed by atoms with van der Waals surface area (Å²) < 4.78 is 36.1. The lowest BCUT2D eigenvalue weighted by atomic mass is 9.95. The molecule has 2 unspecified atom stereocenters. The van der Waals surface area contributed by atoms with E-state index in [0.717, 1.165) is 16.7 Å². The normalized spacial score (nSPS) is 12.6. The smallest absolute Gasteiger partial charge is 0.327 e. The molecule has 0 N–H and O–H groups in total. The first-order valence-corrected chi connectivity index (χ1v) is 16.9. The van der Waals surface area contributed by atoms with E-state index in [1.165, 1.54) is 30.6 Å². The molecule has 6 nitrogen and oxygen atoms in total. The number of aryl methyl sites for hydroxylation is 1. The maximum absolute atomic E-state index is 14.9. The molecule has 2 heterocycles. The lowest BCUT2D eigenvalue weighted by Crippen LogP contribution is -2.28. The molecular formula is C37H29ClFN3O3S2. The average Bonchev–Trinajstić information content (AvgIpc) is 3.66. The number of nitriles is 1. The largest absolute Gasteiger partial charge is 0.468 e. The van der Waals surface area contributed by atoms with Gasteiger partial charge >= 0.3 is 5.97 Å². The number of hydrogen-bond acceptors (Lipinski definition) is 6. The summed E-state index contributed by atoms with van der Waals surface area (Å²) in [5, 5.41) is 12.8. The Morgan fingerprint density at radius 3 is 2.43 bits per heavy atom. The minimum Gasteiger partial charge on any atom is -0.468 e. The lowest BCUT2D eigenvalue weighted by Gasteiger charge is -2.22. The van der Waals surface area contributed by atoms with Crippen LogP contribution < -0.4 is 0 Å². The number of likely N-dealkylation sites (N-methyl/N-ethyl adjacent to an activating group) is 1. The van der Waals surface area contributed by atoms with Gasteiger partial charge < -0.3 is 4.74 Å². The molecule has 0 aliphatic heterocycles. The van der Waals surface area contributed by atoms with Crippen LogP contribution >= 0.6 is 22.9 Å². The molecule has 0 saturated carbocycles. The second-order valence-electron chi connectivity index (χ2n) is 11.2. The number of methoxy groups -OCH3 is 1. The number of benzene rings is 4. The van der Waals surface area contributed by atoms with E-state index in [4.69, 9.17) is 16.3 Å². The van der Waals surface area contributed by atoms with Gasteiger partial charge in [-0.2, -0.15) is 5.26 Å². The summed E-state index contributed by atoms with van der Waals surface area (Å²) in [6.45, 7) is 1.96. The van der Waals surface area contributed by atoms with E-state index >= 15 is 0 Å². The van der Waals surface area contributed by atoms with Gasteiger partial charge in [-0.15, -0.1) is 11.3 Å². The van der Waals surface area contributed by atoms with Gasteiger partial charge in [-0.25, -0.2) is 13.4 Å². The molecule has 0 amide bonds. The van der Waals surface area contributed by atoms with E-state index < -0.39 is 28.8 Å². The minimum atomic E-state index is -1.73. The van der Waals surface area contributed by atoms with E-state index in [2.05, 4.69) is 6.07 Å². The Morgan fingerprint density at radius 1 is 1.00 bits per heavy atom. The maximum atomic E-state index is 14.9. The molecule has 236 valence electrons. The lowest BCUT2D eigenvalue weighted by molar-refractivity contribution is -0.146. The second-order valence-corrected chi connectivity index (χ2v) is 13.9. The topological polar surface area (TPSA) is 75.3 Å². The van der Waals surface area contributed by atoms with Crippen LogP contribution in [0, 0.1) is 24.1 Å². The molecule has 0 spiro atoms. The van der Waals surface area contributed by atoms with Crippen molar-refractivity contribution < 1.29 is 18.1 Å². The Hall–Kier alpha value is -4.59. The van der Waals surface area contributed by atoms with Crippen molar-refractivity contribution in [2.24, 2.45) is 0 Å². The molecule has 10 heteroatoms. The fourth-order valence-electron chi connectivity index (χ4n) is 5.82. The van der Waals surface area contributed by atoms with Crippen LogP contribution in [0.4, 0.5) is 4.39 Å². The van der Waals surface area contributed by atoms with Gasteiger partial charge in [0.1, 0.15) is 22.8 Å². The first-order chi connectivity index (χ1) is 22.6. The summed E-state index contributed by atoms with van der Waals surface area (Å²) >= 11 is 8.16. The van der Waals surface area contributed by atoms with Crippen molar-refractivity contribution in [3.05, 3.63) is 123 Å². The summed E-state index contributed by atoms with van der Waals surface area (Å²) in [5.41, 5.74) is 6.31. The third-order valence-electron chi connectivity index (χ3n) is 8.01. The highest BCUT2D eigenvalue weighted by molar-refractivity contribution is 7.83. The van der Waals surface area contributed by atoms with E-state index in [1.807, 2.05) is 79.0 Å². The molecule has 0 bridgehead atoms. The molecule has 0 aliphatic rings. The van der Waals surface area contributed by atoms with Crippen LogP contribution in [-0.2, 0) is 20.5 Å². The van der Waals surface area contributed by atoms with Crippen molar-refractivity contribution in [1.29, 1.82) is 5.26 Å². The zero-order chi connectivity index (χ0) is 33.4. The molecule has 4 aromatic carbocycles. The summed E-state index contributed by atoms with van der Waals surface area (Å²) in [6, 6.07) is 28.5. The van der Waals surface area contributed by atoms with Gasteiger partial charge in [0.2, 0.25) is 0 Å². The number of hydrogen-bond donors (Lipinski definition) is 0. The zero-order valence-corrected chi connectivity index (χ0v) is 28.3. The van der Waals surface area contributed by atoms with E-state index in [0.29, 0.717) is 53.6 Å². The highest BCUT2D eigenvalue weighted by Gasteiger charge is 2.28. The van der Waals surface area contributed by atoms with Gasteiger partial charge in [-0.3, -0.25) is 8.87 Å². The molecule has 0 fully saturated rings. The van der Waals surface area contributed by atoms with Crippen molar-refractivity contribution in [2.45, 2.75) is 17.9 Å². The molecule has 2 aromatic heterocycles. The van der Waals surface area contributed by atoms with E-state index in [9.17, 15) is 18.7 Å². The zero-order valence-electron chi connectivity index (χ0n) is 26.0. The van der Waals surface area contributed by atoms with Crippen LogP contribution in [0.3, 0.4) is 0 Å². The van der Waals surface area contributed by atoms with Gasteiger partial charge in [0.25, 0.3) is 0 Å². The Kier molecular flexibility index (Phi) is 9.13. The van der Waals surface area contributed by atoms with Crippen molar-refractivity contribution in [3.8, 4) is 39.6 Å². The third-order valence-corrected chi connectivity index (χ3v) is 10.5. The SMILES string of the molecule is COC(=O)C(c1ccc(-c2cccc(-c3c(-c4ccsc4C#N)c4cc(F)ccc4n3S(=O)c3ccc(C)cc3)c2)c(Cl)c1)N(C)C.